The molecule has 0 bridgehead atoms. The highest BCUT2D eigenvalue weighted by Crippen LogP contribution is 2.20. The lowest BCUT2D eigenvalue weighted by molar-refractivity contribution is 0.129. The Bertz CT molecular complexity index is 1080. The number of imidazole rings is 1. The molecule has 0 spiro atoms. The summed E-state index contributed by atoms with van der Waals surface area (Å²) >= 11 is 6.03. The molecule has 0 aromatic carbocycles. The lowest BCUT2D eigenvalue weighted by Gasteiger charge is -2.13. The molecule has 1 saturated heterocycles. The van der Waals surface area contributed by atoms with Gasteiger partial charge in [-0.25, -0.2) is 4.98 Å². The number of ether oxygens (including phenoxy) is 1. The summed E-state index contributed by atoms with van der Waals surface area (Å²) in [5, 5.41) is 2.00. The lowest BCUT2D eigenvalue weighted by atomic mass is 10.1. The van der Waals surface area contributed by atoms with E-state index in [0.717, 1.165) is 34.9 Å². The first-order chi connectivity index (χ1) is 11.6. The van der Waals surface area contributed by atoms with Gasteiger partial charge < -0.3 is 14.7 Å². The van der Waals surface area contributed by atoms with Crippen LogP contribution in [0.5, 0.6) is 0 Å². The Morgan fingerprint density at radius 1 is 1.38 bits per heavy atom. The van der Waals surface area contributed by atoms with Crippen molar-refractivity contribution in [2.24, 2.45) is 7.05 Å². The van der Waals surface area contributed by atoms with E-state index in [1.807, 2.05) is 18.3 Å². The molecule has 3 aromatic heterocycles. The number of fused-ring (bicyclic) bond motifs is 1. The molecule has 1 fully saturated rings. The van der Waals surface area contributed by atoms with Gasteiger partial charge in [0.25, 0.3) is 5.56 Å². The van der Waals surface area contributed by atoms with E-state index in [1.165, 1.54) is 5.57 Å². The van der Waals surface area contributed by atoms with Crippen LogP contribution in [0.4, 0.5) is 0 Å². The molecule has 1 aliphatic rings. The molecule has 0 amide bonds. The highest BCUT2D eigenvalue weighted by Gasteiger charge is 2.11. The second-order valence-corrected chi connectivity index (χ2v) is 6.34. The fourth-order valence-electron chi connectivity index (χ4n) is 3.10. The third-order valence-corrected chi connectivity index (χ3v) is 4.59. The number of aromatic amines is 2. The maximum Gasteiger partial charge on any atom is 0.275 e. The van der Waals surface area contributed by atoms with Crippen LogP contribution in [-0.2, 0) is 11.8 Å². The van der Waals surface area contributed by atoms with Gasteiger partial charge in [-0.15, -0.1) is 0 Å². The van der Waals surface area contributed by atoms with Gasteiger partial charge in [0.05, 0.1) is 18.2 Å². The van der Waals surface area contributed by atoms with Crippen molar-refractivity contribution in [2.45, 2.75) is 12.8 Å². The van der Waals surface area contributed by atoms with Gasteiger partial charge >= 0.3 is 0 Å². The molecule has 2 N–H and O–H groups in total. The minimum Gasteiger partial charge on any atom is -0.381 e. The van der Waals surface area contributed by atoms with Crippen LogP contribution in [0.2, 0.25) is 5.02 Å². The first kappa shape index (κ1) is 15.2. The normalized spacial score (nSPS) is 16.2. The molecule has 3 aromatic rings. The zero-order chi connectivity index (χ0) is 16.7. The van der Waals surface area contributed by atoms with Gasteiger partial charge in [0.2, 0.25) is 0 Å². The summed E-state index contributed by atoms with van der Waals surface area (Å²) in [6.07, 6.45) is 6.95. The standard InChI is InChI=1S/C17H17ClN4O2/c1-22-16(10-2-4-24-5-3-10)21-14(17(22)23)6-11-8-19-15-13(11)7-12(18)9-20-15/h6-9,21H,2-5H2,1H3,(H,19,20). The highest BCUT2D eigenvalue weighted by atomic mass is 35.5. The maximum absolute atomic E-state index is 12.6. The van der Waals surface area contributed by atoms with E-state index in [1.54, 1.807) is 17.8 Å². The molecular weight excluding hydrogens is 328 g/mol. The molecule has 7 heteroatoms. The fraction of sp³-hybridized carbons (Fsp3) is 0.294. The summed E-state index contributed by atoms with van der Waals surface area (Å²) in [5.74, 6) is 0. The summed E-state index contributed by atoms with van der Waals surface area (Å²) in [6, 6.07) is 1.84. The zero-order valence-electron chi connectivity index (χ0n) is 13.2. The Morgan fingerprint density at radius 2 is 2.17 bits per heavy atom. The van der Waals surface area contributed by atoms with Crippen LogP contribution >= 0.6 is 11.6 Å². The summed E-state index contributed by atoms with van der Waals surface area (Å²) in [7, 11) is 1.79. The Kier molecular flexibility index (Phi) is 3.78. The van der Waals surface area contributed by atoms with Crippen molar-refractivity contribution in [3.63, 3.8) is 0 Å². The third kappa shape index (κ3) is 2.57. The van der Waals surface area contributed by atoms with Crippen LogP contribution in [0.15, 0.2) is 23.3 Å². The van der Waals surface area contributed by atoms with Crippen LogP contribution < -0.4 is 16.4 Å². The number of nitrogens with one attached hydrogen (secondary N) is 2. The second-order valence-electron chi connectivity index (χ2n) is 5.91. The van der Waals surface area contributed by atoms with Crippen molar-refractivity contribution in [3.05, 3.63) is 50.2 Å². The summed E-state index contributed by atoms with van der Waals surface area (Å²) in [6.45, 7) is 1.41. The Balaban J connectivity index is 1.92. The Labute approximate surface area is 142 Å². The van der Waals surface area contributed by atoms with Gasteiger partial charge in [0, 0.05) is 30.4 Å². The maximum atomic E-state index is 12.6. The SMILES string of the molecule is Cn1c(=C2CCOCC2)[nH]c(=Cc2c[nH]c3ncc(Cl)cc23)c1=O. The molecule has 1 aliphatic heterocycles. The van der Waals surface area contributed by atoms with E-state index in [9.17, 15) is 4.79 Å². The number of pyridine rings is 1. The molecule has 124 valence electrons. The van der Waals surface area contributed by atoms with Crippen LogP contribution in [-0.4, -0.2) is 32.7 Å². The molecule has 0 unspecified atom stereocenters. The van der Waals surface area contributed by atoms with Gasteiger partial charge in [-0.3, -0.25) is 9.36 Å². The predicted molar refractivity (Wildman–Crippen MR) is 93.4 cm³/mol. The quantitative estimate of drug-likeness (QED) is 0.692. The number of rotatable bonds is 1. The number of halogens is 1. The van der Waals surface area contributed by atoms with E-state index in [-0.39, 0.29) is 5.56 Å². The van der Waals surface area contributed by atoms with E-state index in [2.05, 4.69) is 15.0 Å². The van der Waals surface area contributed by atoms with Crippen molar-refractivity contribution in [1.29, 1.82) is 0 Å². The molecule has 0 aliphatic carbocycles. The first-order valence-electron chi connectivity index (χ1n) is 7.82. The number of H-pyrrole nitrogens is 2. The van der Waals surface area contributed by atoms with Crippen LogP contribution in [0.25, 0.3) is 22.7 Å². The molecule has 0 atom stereocenters. The van der Waals surface area contributed by atoms with Gasteiger partial charge in [0.1, 0.15) is 16.5 Å². The van der Waals surface area contributed by atoms with Gasteiger partial charge in [-0.1, -0.05) is 11.6 Å². The lowest BCUT2D eigenvalue weighted by Crippen LogP contribution is -2.30. The fourth-order valence-corrected chi connectivity index (χ4v) is 3.26. The van der Waals surface area contributed by atoms with Crippen molar-refractivity contribution in [3.8, 4) is 0 Å². The molecule has 0 saturated carbocycles. The first-order valence-corrected chi connectivity index (χ1v) is 8.20. The topological polar surface area (TPSA) is 75.7 Å². The van der Waals surface area contributed by atoms with E-state index < -0.39 is 0 Å². The summed E-state index contributed by atoms with van der Waals surface area (Å²) < 4.78 is 7.06. The largest absolute Gasteiger partial charge is 0.381 e. The van der Waals surface area contributed by atoms with Crippen molar-refractivity contribution in [1.82, 2.24) is 19.5 Å². The smallest absolute Gasteiger partial charge is 0.275 e. The molecule has 4 heterocycles. The molecule has 0 radical (unpaired) electrons. The van der Waals surface area contributed by atoms with Crippen molar-refractivity contribution in [2.75, 3.05) is 13.2 Å². The number of hydrogen-bond donors (Lipinski definition) is 2. The van der Waals surface area contributed by atoms with Gasteiger partial charge in [-0.05, 0) is 30.6 Å². The average Bonchev–Trinajstić information content (AvgIpc) is 3.12. The minimum atomic E-state index is -0.0478. The van der Waals surface area contributed by atoms with E-state index in [4.69, 9.17) is 16.3 Å². The summed E-state index contributed by atoms with van der Waals surface area (Å²) in [5.41, 5.74) is 3.68. The second kappa shape index (κ2) is 5.96. The monoisotopic (exact) mass is 344 g/mol. The van der Waals surface area contributed by atoms with Gasteiger partial charge in [-0.2, -0.15) is 0 Å². The van der Waals surface area contributed by atoms with Gasteiger partial charge in [0.15, 0.2) is 0 Å². The predicted octanol–water partition coefficient (Wildman–Crippen LogP) is 1.03. The van der Waals surface area contributed by atoms with Crippen LogP contribution in [0, 0.1) is 0 Å². The summed E-state index contributed by atoms with van der Waals surface area (Å²) in [4.78, 5) is 23.2. The molecule has 4 rings (SSSR count). The minimum absolute atomic E-state index is 0.0478. The van der Waals surface area contributed by atoms with Crippen LogP contribution in [0.1, 0.15) is 18.4 Å². The van der Waals surface area contributed by atoms with E-state index in [0.29, 0.717) is 23.6 Å². The third-order valence-electron chi connectivity index (χ3n) is 4.38. The molecule has 6 nitrogen and oxygen atoms in total. The van der Waals surface area contributed by atoms with Crippen molar-refractivity contribution < 1.29 is 4.74 Å². The number of hydrogen-bond acceptors (Lipinski definition) is 3. The Hall–Kier alpha value is -2.31. The molecule has 24 heavy (non-hydrogen) atoms. The van der Waals surface area contributed by atoms with E-state index >= 15 is 0 Å². The average molecular weight is 345 g/mol. The highest BCUT2D eigenvalue weighted by molar-refractivity contribution is 6.31. The number of aromatic nitrogens is 4. The van der Waals surface area contributed by atoms with Crippen molar-refractivity contribution >= 4 is 34.3 Å². The zero-order valence-corrected chi connectivity index (χ0v) is 14.0. The number of nitrogens with zero attached hydrogens (tertiary/aromatic N) is 2. The Morgan fingerprint density at radius 3 is 2.96 bits per heavy atom. The molecular formula is C17H17ClN4O2. The van der Waals surface area contributed by atoms with Crippen LogP contribution in [0.3, 0.4) is 0 Å².